The summed E-state index contributed by atoms with van der Waals surface area (Å²) in [6, 6.07) is 21.9. The number of amides is 2. The van der Waals surface area contributed by atoms with Crippen molar-refractivity contribution in [3.8, 4) is 0 Å². The van der Waals surface area contributed by atoms with Gasteiger partial charge in [-0.25, -0.2) is 14.4 Å². The van der Waals surface area contributed by atoms with Crippen LogP contribution in [0.5, 0.6) is 0 Å². The molecule has 3 rings (SSSR count). The van der Waals surface area contributed by atoms with Crippen LogP contribution < -0.4 is 5.32 Å². The van der Waals surface area contributed by atoms with Crippen molar-refractivity contribution in [2.45, 2.75) is 38.1 Å². The van der Waals surface area contributed by atoms with Gasteiger partial charge in [-0.2, -0.15) is 5.06 Å². The fourth-order valence-corrected chi connectivity index (χ4v) is 3.55. The maximum Gasteiger partial charge on any atom is 0.408 e. The fourth-order valence-electron chi connectivity index (χ4n) is 3.55. The first-order valence-electron chi connectivity index (χ1n) is 11.8. The second kappa shape index (κ2) is 13.6. The number of carbonyl (C=O) groups is 4. The topological polar surface area (TPSA) is 142 Å². The van der Waals surface area contributed by atoms with Crippen molar-refractivity contribution < 1.29 is 39.0 Å². The molecule has 198 valence electrons. The number of carbonyl (C=O) groups excluding carboxylic acids is 3. The molecule has 0 aliphatic rings. The number of rotatable bonds is 10. The molecule has 2 amide bonds. The van der Waals surface area contributed by atoms with Crippen molar-refractivity contribution in [2.24, 2.45) is 0 Å². The molecule has 0 heterocycles. The lowest BCUT2D eigenvalue weighted by Crippen LogP contribution is -2.54. The summed E-state index contributed by atoms with van der Waals surface area (Å²) in [5, 5.41) is 22.5. The molecule has 0 spiro atoms. The van der Waals surface area contributed by atoms with Crippen LogP contribution in [0.3, 0.4) is 0 Å². The van der Waals surface area contributed by atoms with E-state index in [1.165, 1.54) is 12.1 Å². The van der Waals surface area contributed by atoms with E-state index in [2.05, 4.69) is 5.32 Å². The molecular weight excluding hydrogens is 492 g/mol. The Morgan fingerprint density at radius 1 is 0.842 bits per heavy atom. The summed E-state index contributed by atoms with van der Waals surface area (Å²) >= 11 is 0. The predicted molar refractivity (Wildman–Crippen MR) is 136 cm³/mol. The number of carboxylic acid groups (broad SMARTS) is 1. The quantitative estimate of drug-likeness (QED) is 0.346. The van der Waals surface area contributed by atoms with Crippen molar-refractivity contribution in [3.63, 3.8) is 0 Å². The molecule has 10 heteroatoms. The van der Waals surface area contributed by atoms with Crippen LogP contribution in [0.2, 0.25) is 0 Å². The number of nitrogens with one attached hydrogen (secondary N) is 1. The Kier molecular flexibility index (Phi) is 9.95. The van der Waals surface area contributed by atoms with Gasteiger partial charge in [0.05, 0.1) is 6.10 Å². The molecule has 0 aliphatic heterocycles. The molecule has 0 aromatic heterocycles. The summed E-state index contributed by atoms with van der Waals surface area (Å²) in [5.41, 5.74) is 1.41. The van der Waals surface area contributed by atoms with Crippen LogP contribution in [0, 0.1) is 0 Å². The zero-order chi connectivity index (χ0) is 27.5. The number of aliphatic carboxylic acids is 1. The molecule has 38 heavy (non-hydrogen) atoms. The fraction of sp³-hybridized carbons (Fsp3) is 0.214. The lowest BCUT2D eigenvalue weighted by atomic mass is 10.1. The van der Waals surface area contributed by atoms with E-state index in [9.17, 15) is 29.4 Å². The van der Waals surface area contributed by atoms with E-state index in [0.717, 1.165) is 12.5 Å². The van der Waals surface area contributed by atoms with Crippen LogP contribution in [0.1, 0.15) is 28.4 Å². The normalized spacial score (nSPS) is 12.9. The van der Waals surface area contributed by atoms with Gasteiger partial charge in [-0.05, 0) is 30.2 Å². The van der Waals surface area contributed by atoms with Gasteiger partial charge in [0.25, 0.3) is 5.91 Å². The van der Waals surface area contributed by atoms with Gasteiger partial charge in [0, 0.05) is 12.0 Å². The lowest BCUT2D eigenvalue weighted by Gasteiger charge is -2.30. The number of hydrogen-bond acceptors (Lipinski definition) is 7. The number of hydroxylamine groups is 2. The van der Waals surface area contributed by atoms with Crippen LogP contribution in [-0.2, 0) is 32.2 Å². The second-order valence-electron chi connectivity index (χ2n) is 8.38. The zero-order valence-electron chi connectivity index (χ0n) is 20.6. The van der Waals surface area contributed by atoms with Crippen LogP contribution >= 0.6 is 0 Å². The van der Waals surface area contributed by atoms with E-state index in [0.29, 0.717) is 10.6 Å². The average molecular weight is 521 g/mol. The van der Waals surface area contributed by atoms with Crippen LogP contribution in [0.4, 0.5) is 4.79 Å². The van der Waals surface area contributed by atoms with Gasteiger partial charge in [-0.1, -0.05) is 78.9 Å². The number of nitrogens with zero attached hydrogens (tertiary/aromatic N) is 1. The van der Waals surface area contributed by atoms with E-state index in [1.807, 2.05) is 6.07 Å². The molecule has 0 aliphatic carbocycles. The third-order valence-electron chi connectivity index (χ3n) is 5.44. The minimum Gasteiger partial charge on any atom is -0.480 e. The molecule has 3 aromatic carbocycles. The molecule has 0 saturated heterocycles. The third-order valence-corrected chi connectivity index (χ3v) is 5.44. The van der Waals surface area contributed by atoms with Gasteiger partial charge in [-0.3, -0.25) is 4.79 Å². The van der Waals surface area contributed by atoms with Crippen molar-refractivity contribution in [1.82, 2.24) is 10.4 Å². The van der Waals surface area contributed by atoms with E-state index in [-0.39, 0.29) is 18.6 Å². The Morgan fingerprint density at radius 3 is 1.89 bits per heavy atom. The van der Waals surface area contributed by atoms with Crippen molar-refractivity contribution in [1.29, 1.82) is 0 Å². The highest BCUT2D eigenvalue weighted by Gasteiger charge is 2.39. The Morgan fingerprint density at radius 2 is 1.37 bits per heavy atom. The van der Waals surface area contributed by atoms with Crippen molar-refractivity contribution in [3.05, 3.63) is 108 Å². The molecule has 3 aromatic rings. The molecule has 0 fully saturated rings. The van der Waals surface area contributed by atoms with Gasteiger partial charge in [0.15, 0.2) is 6.04 Å². The highest BCUT2D eigenvalue weighted by molar-refractivity contribution is 5.97. The standard InChI is InChI=1S/C28H28N2O8/c1-19(31)24(26(33)34)30(25(32)22-15-9-4-10-16-22)38-27(35)23(17-20-11-5-2-6-12-20)29-28(36)37-18-21-13-7-3-8-14-21/h2-16,19,23-24,31H,17-18H2,1H3,(H,29,36)(H,33,34)/t19-,23+,24+/m1/s1. The Bertz CT molecular complexity index is 1220. The molecule has 0 saturated carbocycles. The smallest absolute Gasteiger partial charge is 0.408 e. The van der Waals surface area contributed by atoms with Gasteiger partial charge in [0.1, 0.15) is 12.6 Å². The number of aliphatic hydroxyl groups excluding tert-OH is 1. The molecule has 0 radical (unpaired) electrons. The number of carboxylic acids is 1. The summed E-state index contributed by atoms with van der Waals surface area (Å²) in [7, 11) is 0. The van der Waals surface area contributed by atoms with Crippen LogP contribution in [0.25, 0.3) is 0 Å². The third kappa shape index (κ3) is 7.90. The summed E-state index contributed by atoms with van der Waals surface area (Å²) in [5.74, 6) is -3.68. The number of ether oxygens (including phenoxy) is 1. The summed E-state index contributed by atoms with van der Waals surface area (Å²) in [6.07, 6.45) is -2.55. The molecular formula is C28H28N2O8. The highest BCUT2D eigenvalue weighted by Crippen LogP contribution is 2.15. The van der Waals surface area contributed by atoms with Gasteiger partial charge >= 0.3 is 18.0 Å². The first kappa shape index (κ1) is 27.9. The predicted octanol–water partition coefficient (Wildman–Crippen LogP) is 2.96. The first-order chi connectivity index (χ1) is 18.3. The zero-order valence-corrected chi connectivity index (χ0v) is 20.6. The monoisotopic (exact) mass is 520 g/mol. The van der Waals surface area contributed by atoms with Crippen molar-refractivity contribution in [2.75, 3.05) is 0 Å². The Balaban J connectivity index is 1.84. The van der Waals surface area contributed by atoms with E-state index >= 15 is 0 Å². The summed E-state index contributed by atoms with van der Waals surface area (Å²) in [6.45, 7) is 1.10. The largest absolute Gasteiger partial charge is 0.480 e. The summed E-state index contributed by atoms with van der Waals surface area (Å²) < 4.78 is 5.22. The highest BCUT2D eigenvalue weighted by atomic mass is 16.7. The number of hydrogen-bond donors (Lipinski definition) is 3. The molecule has 3 atom stereocenters. The number of benzene rings is 3. The van der Waals surface area contributed by atoms with Gasteiger partial charge < -0.3 is 25.1 Å². The molecule has 10 nitrogen and oxygen atoms in total. The second-order valence-corrected chi connectivity index (χ2v) is 8.38. The average Bonchev–Trinajstić information content (AvgIpc) is 2.92. The van der Waals surface area contributed by atoms with E-state index < -0.39 is 42.1 Å². The first-order valence-corrected chi connectivity index (χ1v) is 11.8. The molecule has 3 N–H and O–H groups in total. The van der Waals surface area contributed by atoms with Crippen molar-refractivity contribution >= 4 is 23.9 Å². The van der Waals surface area contributed by atoms with Gasteiger partial charge in [-0.15, -0.1) is 0 Å². The van der Waals surface area contributed by atoms with E-state index in [1.54, 1.807) is 72.8 Å². The SMILES string of the molecule is C[C@@H](O)[C@@H](C(=O)O)N(OC(=O)[C@H](Cc1ccccc1)NC(=O)OCc1ccccc1)C(=O)c1ccccc1. The lowest BCUT2D eigenvalue weighted by molar-refractivity contribution is -0.200. The molecule has 0 unspecified atom stereocenters. The Hall–Kier alpha value is -4.70. The maximum absolute atomic E-state index is 13.3. The number of aliphatic hydroxyl groups is 1. The van der Waals surface area contributed by atoms with E-state index in [4.69, 9.17) is 9.57 Å². The summed E-state index contributed by atoms with van der Waals surface area (Å²) in [4.78, 5) is 56.2. The maximum atomic E-state index is 13.3. The minimum absolute atomic E-state index is 0.0297. The minimum atomic E-state index is -1.91. The van der Waals surface area contributed by atoms with Crippen LogP contribution in [0.15, 0.2) is 91.0 Å². The van der Waals surface area contributed by atoms with Crippen LogP contribution in [-0.4, -0.2) is 57.4 Å². The molecule has 0 bridgehead atoms. The Labute approximate surface area is 219 Å². The van der Waals surface area contributed by atoms with Gasteiger partial charge in [0.2, 0.25) is 0 Å². The number of alkyl carbamates (subject to hydrolysis) is 1.